The first kappa shape index (κ1) is 13.5. The normalized spacial score (nSPS) is 11.2. The summed E-state index contributed by atoms with van der Waals surface area (Å²) in [6.45, 7) is 4.76. The lowest BCUT2D eigenvalue weighted by Gasteiger charge is -2.09. The Balaban J connectivity index is 2.30. The summed E-state index contributed by atoms with van der Waals surface area (Å²) >= 11 is 9.38. The molecule has 0 bridgehead atoms. The predicted molar refractivity (Wildman–Crippen MR) is 73.8 cm³/mol. The van der Waals surface area contributed by atoms with Crippen LogP contribution >= 0.6 is 27.5 Å². The van der Waals surface area contributed by atoms with Gasteiger partial charge in [-0.25, -0.2) is 0 Å². The lowest BCUT2D eigenvalue weighted by molar-refractivity contribution is 0.563. The minimum absolute atomic E-state index is 0.379. The number of nitrogens with one attached hydrogen (secondary N) is 1. The van der Waals surface area contributed by atoms with Gasteiger partial charge in [-0.15, -0.1) is 5.10 Å². The van der Waals surface area contributed by atoms with Crippen molar-refractivity contribution in [2.75, 3.05) is 0 Å². The lowest BCUT2D eigenvalue weighted by atomic mass is 10.3. The van der Waals surface area contributed by atoms with Crippen molar-refractivity contribution in [3.63, 3.8) is 0 Å². The van der Waals surface area contributed by atoms with Crippen LogP contribution < -0.4 is 5.32 Å². The zero-order valence-electron chi connectivity index (χ0n) is 10.1. The van der Waals surface area contributed by atoms with Crippen molar-refractivity contribution >= 4 is 27.5 Å². The van der Waals surface area contributed by atoms with E-state index in [-0.39, 0.29) is 0 Å². The molecule has 0 fully saturated rings. The molecule has 0 saturated carbocycles. The van der Waals surface area contributed by atoms with Crippen LogP contribution in [-0.2, 0) is 6.54 Å². The molecule has 0 atom stereocenters. The van der Waals surface area contributed by atoms with Gasteiger partial charge >= 0.3 is 0 Å². The number of rotatable bonds is 4. The van der Waals surface area contributed by atoms with Gasteiger partial charge < -0.3 is 5.32 Å². The maximum absolute atomic E-state index is 5.92. The minimum Gasteiger partial charge on any atom is -0.308 e. The molecule has 7 heteroatoms. The van der Waals surface area contributed by atoms with Gasteiger partial charge in [0.15, 0.2) is 5.82 Å². The summed E-state index contributed by atoms with van der Waals surface area (Å²) in [5.74, 6) is 0.756. The van der Waals surface area contributed by atoms with E-state index >= 15 is 0 Å². The first-order valence-corrected chi connectivity index (χ1v) is 6.71. The molecule has 2 rings (SSSR count). The lowest BCUT2D eigenvalue weighted by Crippen LogP contribution is -2.24. The molecule has 0 aliphatic heterocycles. The van der Waals surface area contributed by atoms with Crippen LogP contribution in [0.3, 0.4) is 0 Å². The smallest absolute Gasteiger partial charge is 0.170 e. The molecule has 1 heterocycles. The fraction of sp³-hybridized carbons (Fsp3) is 0.364. The summed E-state index contributed by atoms with van der Waals surface area (Å²) in [5, 5.41) is 15.7. The van der Waals surface area contributed by atoms with E-state index in [1.54, 1.807) is 4.68 Å². The van der Waals surface area contributed by atoms with Crippen LogP contribution in [0, 0.1) is 0 Å². The maximum Gasteiger partial charge on any atom is 0.170 e. The van der Waals surface area contributed by atoms with Gasteiger partial charge in [0.25, 0.3) is 0 Å². The van der Waals surface area contributed by atoms with Gasteiger partial charge in [-0.1, -0.05) is 25.4 Å². The van der Waals surface area contributed by atoms with E-state index in [0.29, 0.717) is 17.6 Å². The second-order valence-electron chi connectivity index (χ2n) is 4.14. The number of halogens is 2. The third kappa shape index (κ3) is 3.07. The molecular formula is C11H13BrClN5. The molecule has 0 unspecified atom stereocenters. The van der Waals surface area contributed by atoms with Gasteiger partial charge in [0.05, 0.1) is 12.2 Å². The molecule has 1 N–H and O–H groups in total. The Kier molecular flexibility index (Phi) is 4.31. The fourth-order valence-electron chi connectivity index (χ4n) is 1.45. The minimum atomic E-state index is 0.379. The molecule has 5 nitrogen and oxygen atoms in total. The van der Waals surface area contributed by atoms with Crippen molar-refractivity contribution < 1.29 is 0 Å². The maximum atomic E-state index is 5.92. The molecule has 2 aromatic rings. The standard InChI is InChI=1S/C11H13BrClN5/c1-7(2)14-6-11-15-16-17-18(11)10-4-3-8(13)5-9(10)12/h3-5,7,14H,6H2,1-2H3. The van der Waals surface area contributed by atoms with Crippen LogP contribution in [0.4, 0.5) is 0 Å². The van der Waals surface area contributed by atoms with E-state index < -0.39 is 0 Å². The van der Waals surface area contributed by atoms with E-state index in [2.05, 4.69) is 50.6 Å². The zero-order valence-corrected chi connectivity index (χ0v) is 12.4. The Hall–Kier alpha value is -0.980. The molecule has 0 aliphatic rings. The van der Waals surface area contributed by atoms with E-state index in [4.69, 9.17) is 11.6 Å². The van der Waals surface area contributed by atoms with Gasteiger partial charge in [-0.05, 0) is 44.6 Å². The molecule has 0 saturated heterocycles. The summed E-state index contributed by atoms with van der Waals surface area (Å²) in [5.41, 5.74) is 0.866. The van der Waals surface area contributed by atoms with Gasteiger partial charge in [-0.2, -0.15) is 4.68 Å². The molecule has 0 spiro atoms. The van der Waals surface area contributed by atoms with Crippen LogP contribution in [0.25, 0.3) is 5.69 Å². The highest BCUT2D eigenvalue weighted by Gasteiger charge is 2.11. The molecular weight excluding hydrogens is 318 g/mol. The second-order valence-corrected chi connectivity index (χ2v) is 5.43. The van der Waals surface area contributed by atoms with Crippen LogP contribution in [0.1, 0.15) is 19.7 Å². The van der Waals surface area contributed by atoms with E-state index in [1.807, 2.05) is 18.2 Å². The number of nitrogens with zero attached hydrogens (tertiary/aromatic N) is 4. The Morgan fingerprint density at radius 3 is 2.89 bits per heavy atom. The van der Waals surface area contributed by atoms with Gasteiger partial charge in [0, 0.05) is 15.5 Å². The van der Waals surface area contributed by atoms with Gasteiger partial charge in [-0.3, -0.25) is 0 Å². The first-order valence-electron chi connectivity index (χ1n) is 5.54. The Labute approximate surface area is 119 Å². The molecule has 1 aromatic heterocycles. The van der Waals surface area contributed by atoms with Gasteiger partial charge in [0.1, 0.15) is 0 Å². The van der Waals surface area contributed by atoms with Gasteiger partial charge in [0.2, 0.25) is 0 Å². The zero-order chi connectivity index (χ0) is 13.1. The summed E-state index contributed by atoms with van der Waals surface area (Å²) in [6.07, 6.45) is 0. The number of aromatic nitrogens is 4. The topological polar surface area (TPSA) is 55.6 Å². The van der Waals surface area contributed by atoms with E-state index in [1.165, 1.54) is 0 Å². The quantitative estimate of drug-likeness (QED) is 0.936. The highest BCUT2D eigenvalue weighted by Crippen LogP contribution is 2.24. The third-order valence-electron chi connectivity index (χ3n) is 2.34. The second kappa shape index (κ2) is 5.77. The summed E-state index contributed by atoms with van der Waals surface area (Å²) in [7, 11) is 0. The fourth-order valence-corrected chi connectivity index (χ4v) is 2.30. The molecule has 1 aromatic carbocycles. The van der Waals surface area contributed by atoms with Crippen molar-refractivity contribution in [2.24, 2.45) is 0 Å². The van der Waals surface area contributed by atoms with Crippen LogP contribution in [0.5, 0.6) is 0 Å². The number of tetrazole rings is 1. The molecule has 0 aliphatic carbocycles. The highest BCUT2D eigenvalue weighted by atomic mass is 79.9. The van der Waals surface area contributed by atoms with Crippen molar-refractivity contribution in [1.82, 2.24) is 25.5 Å². The highest BCUT2D eigenvalue weighted by molar-refractivity contribution is 9.10. The van der Waals surface area contributed by atoms with Crippen LogP contribution in [0.15, 0.2) is 22.7 Å². The predicted octanol–water partition coefficient (Wildman–Crippen LogP) is 2.58. The monoisotopic (exact) mass is 329 g/mol. The largest absolute Gasteiger partial charge is 0.308 e. The molecule has 0 amide bonds. The average Bonchev–Trinajstić information content (AvgIpc) is 2.74. The Morgan fingerprint density at radius 1 is 1.44 bits per heavy atom. The average molecular weight is 331 g/mol. The summed E-state index contributed by atoms with van der Waals surface area (Å²) < 4.78 is 2.54. The number of hydrogen-bond acceptors (Lipinski definition) is 4. The first-order chi connectivity index (χ1) is 8.58. The Bertz CT molecular complexity index is 540. The van der Waals surface area contributed by atoms with E-state index in [9.17, 15) is 0 Å². The number of hydrogen-bond donors (Lipinski definition) is 1. The molecule has 0 radical (unpaired) electrons. The molecule has 96 valence electrons. The van der Waals surface area contributed by atoms with E-state index in [0.717, 1.165) is 16.0 Å². The Morgan fingerprint density at radius 2 is 2.22 bits per heavy atom. The van der Waals surface area contributed by atoms with Crippen LogP contribution in [0.2, 0.25) is 5.02 Å². The third-order valence-corrected chi connectivity index (χ3v) is 3.21. The van der Waals surface area contributed by atoms with Crippen LogP contribution in [-0.4, -0.2) is 26.2 Å². The SMILES string of the molecule is CC(C)NCc1nnnn1-c1ccc(Cl)cc1Br. The van der Waals surface area contributed by atoms with Crippen molar-refractivity contribution in [1.29, 1.82) is 0 Å². The number of benzene rings is 1. The van der Waals surface area contributed by atoms with Crippen molar-refractivity contribution in [3.8, 4) is 5.69 Å². The van der Waals surface area contributed by atoms with Crippen molar-refractivity contribution in [3.05, 3.63) is 33.5 Å². The van der Waals surface area contributed by atoms with Crippen molar-refractivity contribution in [2.45, 2.75) is 26.4 Å². The summed E-state index contributed by atoms with van der Waals surface area (Å²) in [4.78, 5) is 0. The summed E-state index contributed by atoms with van der Waals surface area (Å²) in [6, 6.07) is 5.88. The molecule has 18 heavy (non-hydrogen) atoms.